The summed E-state index contributed by atoms with van der Waals surface area (Å²) in [6.45, 7) is 6.28. The third-order valence-electron chi connectivity index (χ3n) is 5.63. The van der Waals surface area contributed by atoms with Crippen molar-refractivity contribution in [3.8, 4) is 0 Å². The molecule has 0 bridgehead atoms. The Morgan fingerprint density at radius 3 is 2.42 bits per heavy atom. The molecule has 0 heterocycles. The third kappa shape index (κ3) is 4.46. The Hall–Kier alpha value is -0.0800. The highest BCUT2D eigenvalue weighted by atomic mass is 16.3. The summed E-state index contributed by atoms with van der Waals surface area (Å²) in [7, 11) is 0. The molecule has 0 aliphatic heterocycles. The summed E-state index contributed by atoms with van der Waals surface area (Å²) in [4.78, 5) is 0. The highest BCUT2D eigenvalue weighted by molar-refractivity contribution is 4.82. The maximum atomic E-state index is 9.49. The molecule has 2 heteroatoms. The first-order valence-corrected chi connectivity index (χ1v) is 8.55. The van der Waals surface area contributed by atoms with Gasteiger partial charge in [0.15, 0.2) is 0 Å². The van der Waals surface area contributed by atoms with Gasteiger partial charge in [-0.3, -0.25) is 0 Å². The van der Waals surface area contributed by atoms with E-state index < -0.39 is 0 Å². The molecular weight excluding hydrogens is 234 g/mol. The van der Waals surface area contributed by atoms with E-state index in [1.54, 1.807) is 0 Å². The van der Waals surface area contributed by atoms with E-state index in [4.69, 9.17) is 0 Å². The van der Waals surface area contributed by atoms with Crippen LogP contribution in [0.5, 0.6) is 0 Å². The Bertz CT molecular complexity index is 254. The Morgan fingerprint density at radius 1 is 1.00 bits per heavy atom. The molecule has 0 aromatic rings. The molecule has 0 spiro atoms. The van der Waals surface area contributed by atoms with Crippen molar-refractivity contribution < 1.29 is 5.11 Å². The summed E-state index contributed by atoms with van der Waals surface area (Å²) < 4.78 is 0. The normalized spacial score (nSPS) is 36.6. The van der Waals surface area contributed by atoms with Gasteiger partial charge in [-0.1, -0.05) is 39.5 Å². The number of hydrogen-bond donors (Lipinski definition) is 2. The van der Waals surface area contributed by atoms with Crippen molar-refractivity contribution >= 4 is 0 Å². The van der Waals surface area contributed by atoms with Crippen molar-refractivity contribution in [3.05, 3.63) is 0 Å². The minimum atomic E-state index is 0.394. The van der Waals surface area contributed by atoms with Crippen molar-refractivity contribution in [2.24, 2.45) is 23.7 Å². The van der Waals surface area contributed by atoms with Crippen LogP contribution in [0.25, 0.3) is 0 Å². The molecule has 2 aliphatic rings. The summed E-state index contributed by atoms with van der Waals surface area (Å²) in [6.07, 6.45) is 10.8. The molecule has 2 N–H and O–H groups in total. The van der Waals surface area contributed by atoms with Crippen molar-refractivity contribution in [1.82, 2.24) is 5.32 Å². The maximum Gasteiger partial charge on any atom is 0.0462 e. The van der Waals surface area contributed by atoms with E-state index in [9.17, 15) is 5.11 Å². The molecule has 19 heavy (non-hydrogen) atoms. The molecule has 0 saturated heterocycles. The predicted octanol–water partition coefficient (Wildman–Crippen LogP) is 3.59. The molecule has 2 fully saturated rings. The molecule has 4 atom stereocenters. The minimum Gasteiger partial charge on any atom is -0.396 e. The quantitative estimate of drug-likeness (QED) is 0.798. The number of rotatable bonds is 5. The molecule has 2 rings (SSSR count). The van der Waals surface area contributed by atoms with Gasteiger partial charge in [0.05, 0.1) is 0 Å². The molecule has 4 unspecified atom stereocenters. The van der Waals surface area contributed by atoms with E-state index in [2.05, 4.69) is 19.2 Å². The van der Waals surface area contributed by atoms with Gasteiger partial charge in [-0.2, -0.15) is 0 Å². The monoisotopic (exact) mass is 267 g/mol. The van der Waals surface area contributed by atoms with Gasteiger partial charge < -0.3 is 10.4 Å². The highest BCUT2D eigenvalue weighted by Crippen LogP contribution is 2.32. The summed E-state index contributed by atoms with van der Waals surface area (Å²) in [5.74, 6) is 3.04. The molecule has 112 valence electrons. The Morgan fingerprint density at radius 2 is 1.74 bits per heavy atom. The van der Waals surface area contributed by atoms with Crippen LogP contribution in [0.15, 0.2) is 0 Å². The van der Waals surface area contributed by atoms with Crippen LogP contribution in [0.1, 0.15) is 65.2 Å². The second kappa shape index (κ2) is 7.64. The second-order valence-corrected chi connectivity index (χ2v) is 7.26. The fourth-order valence-electron chi connectivity index (χ4n) is 4.13. The highest BCUT2D eigenvalue weighted by Gasteiger charge is 2.27. The van der Waals surface area contributed by atoms with Crippen LogP contribution in [-0.2, 0) is 0 Å². The van der Waals surface area contributed by atoms with Gasteiger partial charge >= 0.3 is 0 Å². The summed E-state index contributed by atoms with van der Waals surface area (Å²) >= 11 is 0. The van der Waals surface area contributed by atoms with E-state index in [1.165, 1.54) is 51.4 Å². The number of aliphatic hydroxyl groups excluding tert-OH is 1. The molecule has 2 saturated carbocycles. The van der Waals surface area contributed by atoms with Crippen LogP contribution >= 0.6 is 0 Å². The van der Waals surface area contributed by atoms with Crippen molar-refractivity contribution in [2.75, 3.05) is 13.2 Å². The SMILES string of the molecule is CC(C)C1CCCC(NCC2CCCCC2CO)C1. The van der Waals surface area contributed by atoms with Crippen molar-refractivity contribution in [1.29, 1.82) is 0 Å². The van der Waals surface area contributed by atoms with Gasteiger partial charge in [-0.25, -0.2) is 0 Å². The van der Waals surface area contributed by atoms with Crippen molar-refractivity contribution in [3.63, 3.8) is 0 Å². The summed E-state index contributed by atoms with van der Waals surface area (Å²) in [5.41, 5.74) is 0. The minimum absolute atomic E-state index is 0.394. The van der Waals surface area contributed by atoms with Gasteiger partial charge in [-0.05, 0) is 55.9 Å². The van der Waals surface area contributed by atoms with Crippen LogP contribution in [0, 0.1) is 23.7 Å². The van der Waals surface area contributed by atoms with Gasteiger partial charge in [0.2, 0.25) is 0 Å². The summed E-state index contributed by atoms with van der Waals surface area (Å²) in [5, 5.41) is 13.3. The van der Waals surface area contributed by atoms with Crippen LogP contribution < -0.4 is 5.32 Å². The van der Waals surface area contributed by atoms with E-state index in [1.807, 2.05) is 0 Å². The molecular formula is C17H33NO. The smallest absolute Gasteiger partial charge is 0.0462 e. The lowest BCUT2D eigenvalue weighted by Gasteiger charge is -2.35. The third-order valence-corrected chi connectivity index (χ3v) is 5.63. The lowest BCUT2D eigenvalue weighted by Crippen LogP contribution is -2.40. The average molecular weight is 267 g/mol. The maximum absolute atomic E-state index is 9.49. The standard InChI is InChI=1S/C17H33NO/c1-13(2)14-8-5-9-17(10-14)18-11-15-6-3-4-7-16(15)12-19/h13-19H,3-12H2,1-2H3. The molecule has 2 aliphatic carbocycles. The van der Waals surface area contributed by atoms with Crippen LogP contribution in [-0.4, -0.2) is 24.3 Å². The molecule has 0 aromatic carbocycles. The zero-order chi connectivity index (χ0) is 13.7. The topological polar surface area (TPSA) is 32.3 Å². The fourth-order valence-corrected chi connectivity index (χ4v) is 4.13. The van der Waals surface area contributed by atoms with E-state index >= 15 is 0 Å². The van der Waals surface area contributed by atoms with E-state index in [0.717, 1.165) is 30.3 Å². The molecule has 2 nitrogen and oxygen atoms in total. The van der Waals surface area contributed by atoms with E-state index in [-0.39, 0.29) is 0 Å². The zero-order valence-electron chi connectivity index (χ0n) is 12.9. The second-order valence-electron chi connectivity index (χ2n) is 7.26. The van der Waals surface area contributed by atoms with E-state index in [0.29, 0.717) is 12.5 Å². The summed E-state index contributed by atoms with van der Waals surface area (Å²) in [6, 6.07) is 0.738. The van der Waals surface area contributed by atoms with Crippen molar-refractivity contribution in [2.45, 2.75) is 71.3 Å². The number of nitrogens with one attached hydrogen (secondary N) is 1. The largest absolute Gasteiger partial charge is 0.396 e. The average Bonchev–Trinajstić information content (AvgIpc) is 2.45. The van der Waals surface area contributed by atoms with Crippen LogP contribution in [0.2, 0.25) is 0 Å². The van der Waals surface area contributed by atoms with Gasteiger partial charge in [-0.15, -0.1) is 0 Å². The Labute approximate surface area is 119 Å². The number of hydrogen-bond acceptors (Lipinski definition) is 2. The Balaban J connectivity index is 1.74. The Kier molecular flexibility index (Phi) is 6.15. The first-order valence-electron chi connectivity index (χ1n) is 8.55. The van der Waals surface area contributed by atoms with Gasteiger partial charge in [0.1, 0.15) is 0 Å². The predicted molar refractivity (Wildman–Crippen MR) is 81.1 cm³/mol. The lowest BCUT2D eigenvalue weighted by molar-refractivity contribution is 0.126. The first-order chi connectivity index (χ1) is 9.20. The van der Waals surface area contributed by atoms with Crippen LogP contribution in [0.3, 0.4) is 0 Å². The molecule has 0 amide bonds. The zero-order valence-corrected chi connectivity index (χ0v) is 12.9. The fraction of sp³-hybridized carbons (Fsp3) is 1.00. The lowest BCUT2D eigenvalue weighted by atomic mass is 9.77. The number of aliphatic hydroxyl groups is 1. The molecule has 0 radical (unpaired) electrons. The first kappa shape index (κ1) is 15.3. The van der Waals surface area contributed by atoms with Gasteiger partial charge in [0, 0.05) is 12.6 Å². The molecule has 0 aromatic heterocycles. The van der Waals surface area contributed by atoms with Crippen LogP contribution in [0.4, 0.5) is 0 Å². The van der Waals surface area contributed by atoms with Gasteiger partial charge in [0.25, 0.3) is 0 Å².